The first-order valence-electron chi connectivity index (χ1n) is 5.93. The van der Waals surface area contributed by atoms with Crippen molar-refractivity contribution in [3.05, 3.63) is 29.8 Å². The van der Waals surface area contributed by atoms with Crippen molar-refractivity contribution in [2.75, 3.05) is 19.6 Å². The van der Waals surface area contributed by atoms with Crippen LogP contribution >= 0.6 is 12.6 Å². The van der Waals surface area contributed by atoms with Gasteiger partial charge < -0.3 is 10.0 Å². The molecule has 2 nitrogen and oxygen atoms in total. The van der Waals surface area contributed by atoms with E-state index in [1.54, 1.807) is 0 Å². The maximum Gasteiger partial charge on any atom is 0.0564 e. The Kier molecular flexibility index (Phi) is 4.27. The lowest BCUT2D eigenvalue weighted by Crippen LogP contribution is -2.37. The van der Waals surface area contributed by atoms with Gasteiger partial charge in [-0.2, -0.15) is 0 Å². The number of aliphatic hydroxyl groups excluding tert-OH is 1. The van der Waals surface area contributed by atoms with Crippen LogP contribution < -0.4 is 0 Å². The SMILES string of the molecule is OC1CCN(CCc2ccccc2S)CC1. The van der Waals surface area contributed by atoms with E-state index in [1.165, 1.54) is 5.56 Å². The molecule has 1 aromatic rings. The van der Waals surface area contributed by atoms with Gasteiger partial charge in [-0.1, -0.05) is 18.2 Å². The summed E-state index contributed by atoms with van der Waals surface area (Å²) in [6.45, 7) is 3.12. The fourth-order valence-electron chi connectivity index (χ4n) is 2.14. The second kappa shape index (κ2) is 5.71. The van der Waals surface area contributed by atoms with Crippen LogP contribution in [0.2, 0.25) is 0 Å². The van der Waals surface area contributed by atoms with Crippen molar-refractivity contribution in [2.24, 2.45) is 0 Å². The Morgan fingerprint density at radius 2 is 1.94 bits per heavy atom. The van der Waals surface area contributed by atoms with Gasteiger partial charge in [0.1, 0.15) is 0 Å². The third-order valence-corrected chi connectivity index (χ3v) is 3.68. The molecule has 1 heterocycles. The Morgan fingerprint density at radius 3 is 2.62 bits per heavy atom. The van der Waals surface area contributed by atoms with Crippen LogP contribution in [0.25, 0.3) is 0 Å². The standard InChI is InChI=1S/C13H19NOS/c15-12-6-9-14(10-7-12)8-5-11-3-1-2-4-13(11)16/h1-4,12,15-16H,5-10H2. The lowest BCUT2D eigenvalue weighted by molar-refractivity contribution is 0.0831. The number of piperidine rings is 1. The van der Waals surface area contributed by atoms with Gasteiger partial charge in [0, 0.05) is 24.5 Å². The monoisotopic (exact) mass is 237 g/mol. The predicted molar refractivity (Wildman–Crippen MR) is 69.1 cm³/mol. The molecule has 0 aromatic heterocycles. The first kappa shape index (κ1) is 12.0. The molecule has 0 amide bonds. The summed E-state index contributed by atoms with van der Waals surface area (Å²) in [7, 11) is 0. The zero-order valence-electron chi connectivity index (χ0n) is 9.47. The predicted octanol–water partition coefficient (Wildman–Crippen LogP) is 1.97. The van der Waals surface area contributed by atoms with E-state index in [0.717, 1.165) is 43.8 Å². The molecular weight excluding hydrogens is 218 g/mol. The second-order valence-electron chi connectivity index (χ2n) is 4.45. The molecular formula is C13H19NOS. The molecule has 1 saturated heterocycles. The number of likely N-dealkylation sites (tertiary alicyclic amines) is 1. The van der Waals surface area contributed by atoms with E-state index in [4.69, 9.17) is 0 Å². The number of thiol groups is 1. The van der Waals surface area contributed by atoms with Gasteiger partial charge in [0.15, 0.2) is 0 Å². The van der Waals surface area contributed by atoms with E-state index in [1.807, 2.05) is 12.1 Å². The number of nitrogens with zero attached hydrogens (tertiary/aromatic N) is 1. The zero-order valence-corrected chi connectivity index (χ0v) is 10.4. The van der Waals surface area contributed by atoms with E-state index < -0.39 is 0 Å². The minimum atomic E-state index is -0.0755. The van der Waals surface area contributed by atoms with E-state index in [9.17, 15) is 5.11 Å². The second-order valence-corrected chi connectivity index (χ2v) is 4.93. The third-order valence-electron chi connectivity index (χ3n) is 3.25. The van der Waals surface area contributed by atoms with Crippen molar-refractivity contribution < 1.29 is 5.11 Å². The molecule has 0 bridgehead atoms. The first-order chi connectivity index (χ1) is 7.75. The van der Waals surface area contributed by atoms with Crippen molar-refractivity contribution in [2.45, 2.75) is 30.3 Å². The fraction of sp³-hybridized carbons (Fsp3) is 0.538. The Hall–Kier alpha value is -0.510. The smallest absolute Gasteiger partial charge is 0.0564 e. The summed E-state index contributed by atoms with van der Waals surface area (Å²) in [5.74, 6) is 0. The molecule has 1 fully saturated rings. The number of hydrogen-bond acceptors (Lipinski definition) is 3. The van der Waals surface area contributed by atoms with Crippen molar-refractivity contribution in [3.8, 4) is 0 Å². The molecule has 0 unspecified atom stereocenters. The van der Waals surface area contributed by atoms with Gasteiger partial charge >= 0.3 is 0 Å². The Bertz CT molecular complexity index is 334. The normalized spacial score (nSPS) is 18.9. The first-order valence-corrected chi connectivity index (χ1v) is 6.38. The van der Waals surface area contributed by atoms with E-state index in [2.05, 4.69) is 29.7 Å². The van der Waals surface area contributed by atoms with Crippen molar-refractivity contribution in [1.82, 2.24) is 4.90 Å². The van der Waals surface area contributed by atoms with Crippen molar-refractivity contribution in [3.63, 3.8) is 0 Å². The van der Waals surface area contributed by atoms with Crippen LogP contribution in [-0.2, 0) is 6.42 Å². The molecule has 0 radical (unpaired) electrons. The van der Waals surface area contributed by atoms with Gasteiger partial charge in [-0.15, -0.1) is 12.6 Å². The van der Waals surface area contributed by atoms with Gasteiger partial charge in [0.2, 0.25) is 0 Å². The van der Waals surface area contributed by atoms with Gasteiger partial charge in [-0.3, -0.25) is 0 Å². The highest BCUT2D eigenvalue weighted by atomic mass is 32.1. The zero-order chi connectivity index (χ0) is 11.4. The van der Waals surface area contributed by atoms with E-state index >= 15 is 0 Å². The Morgan fingerprint density at radius 1 is 1.25 bits per heavy atom. The molecule has 1 aliphatic rings. The molecule has 1 aliphatic heterocycles. The van der Waals surface area contributed by atoms with Crippen LogP contribution in [0.3, 0.4) is 0 Å². The Labute approximate surface area is 103 Å². The quantitative estimate of drug-likeness (QED) is 0.785. The van der Waals surface area contributed by atoms with Crippen LogP contribution in [-0.4, -0.2) is 35.7 Å². The highest BCUT2D eigenvalue weighted by Gasteiger charge is 2.16. The minimum absolute atomic E-state index is 0.0755. The summed E-state index contributed by atoms with van der Waals surface area (Å²) in [4.78, 5) is 3.51. The highest BCUT2D eigenvalue weighted by molar-refractivity contribution is 7.80. The number of rotatable bonds is 3. The molecule has 3 heteroatoms. The molecule has 0 aliphatic carbocycles. The van der Waals surface area contributed by atoms with E-state index in [-0.39, 0.29) is 6.10 Å². The third kappa shape index (κ3) is 3.24. The van der Waals surface area contributed by atoms with Gasteiger partial charge in [0.25, 0.3) is 0 Å². The summed E-state index contributed by atoms with van der Waals surface area (Å²) in [6, 6.07) is 8.26. The highest BCUT2D eigenvalue weighted by Crippen LogP contribution is 2.15. The molecule has 2 rings (SSSR count). The lowest BCUT2D eigenvalue weighted by Gasteiger charge is -2.29. The van der Waals surface area contributed by atoms with Crippen LogP contribution in [0.4, 0.5) is 0 Å². The summed E-state index contributed by atoms with van der Waals surface area (Å²) in [5.41, 5.74) is 1.32. The average molecular weight is 237 g/mol. The molecule has 88 valence electrons. The average Bonchev–Trinajstić information content (AvgIpc) is 2.30. The molecule has 16 heavy (non-hydrogen) atoms. The van der Waals surface area contributed by atoms with Crippen molar-refractivity contribution >= 4 is 12.6 Å². The summed E-state index contributed by atoms with van der Waals surface area (Å²) < 4.78 is 0. The molecule has 0 atom stereocenters. The molecule has 1 aromatic carbocycles. The van der Waals surface area contributed by atoms with Crippen LogP contribution in [0.1, 0.15) is 18.4 Å². The maximum absolute atomic E-state index is 9.42. The summed E-state index contributed by atoms with van der Waals surface area (Å²) >= 11 is 4.45. The van der Waals surface area contributed by atoms with Gasteiger partial charge in [0.05, 0.1) is 6.10 Å². The summed E-state index contributed by atoms with van der Waals surface area (Å²) in [5, 5.41) is 9.42. The molecule has 1 N–H and O–H groups in total. The van der Waals surface area contributed by atoms with Crippen LogP contribution in [0, 0.1) is 0 Å². The van der Waals surface area contributed by atoms with Crippen LogP contribution in [0.15, 0.2) is 29.2 Å². The number of benzene rings is 1. The van der Waals surface area contributed by atoms with Gasteiger partial charge in [-0.25, -0.2) is 0 Å². The summed E-state index contributed by atoms with van der Waals surface area (Å²) in [6.07, 6.45) is 2.81. The number of hydrogen-bond donors (Lipinski definition) is 2. The van der Waals surface area contributed by atoms with E-state index in [0.29, 0.717) is 0 Å². The van der Waals surface area contributed by atoms with Crippen LogP contribution in [0.5, 0.6) is 0 Å². The Balaban J connectivity index is 1.81. The van der Waals surface area contributed by atoms with Crippen molar-refractivity contribution in [1.29, 1.82) is 0 Å². The topological polar surface area (TPSA) is 23.5 Å². The minimum Gasteiger partial charge on any atom is -0.393 e. The molecule has 0 saturated carbocycles. The largest absolute Gasteiger partial charge is 0.393 e. The lowest BCUT2D eigenvalue weighted by atomic mass is 10.1. The maximum atomic E-state index is 9.42. The van der Waals surface area contributed by atoms with Gasteiger partial charge in [-0.05, 0) is 30.9 Å². The molecule has 0 spiro atoms. The number of aliphatic hydroxyl groups is 1. The fourth-order valence-corrected chi connectivity index (χ4v) is 2.42.